The summed E-state index contributed by atoms with van der Waals surface area (Å²) in [6, 6.07) is -22.3. The van der Waals surface area contributed by atoms with Crippen molar-refractivity contribution in [2.45, 2.75) is 6.92 Å². The van der Waals surface area contributed by atoms with Gasteiger partial charge in [0.05, 0.1) is 70.3 Å². The lowest BCUT2D eigenvalue weighted by Gasteiger charge is -2.12. The molecule has 0 aliphatic carbocycles. The monoisotopic (exact) mass is 677 g/mol. The van der Waals surface area contributed by atoms with Crippen molar-refractivity contribution in [3.8, 4) is 22.9 Å². The molecule has 0 unspecified atom stereocenters. The molecule has 51 heavy (non-hydrogen) atoms. The van der Waals surface area contributed by atoms with E-state index in [4.69, 9.17) is 23.3 Å². The highest BCUT2D eigenvalue weighted by molar-refractivity contribution is 6.29. The van der Waals surface area contributed by atoms with Gasteiger partial charge in [0.25, 0.3) is 0 Å². The highest BCUT2D eigenvalue weighted by atomic mass is 15.2. The SMILES string of the molecule is [2H]c1c([2H])c([2H])c2c(-c3c([2H])c([2H])c4c([2H])c(C)c([2H])c([2H])c4c3[2H])nc(-n3c4c([2H])c([2H])c([2H])c([2H])c4c4c5c6c([2H])c([2H])c([2H])c([2H])c6n(-c6c([2H])c([2H])c7c([2H])c([2H])c([2H])c([2H])c7c6[2H])c5c([2H])c([2H])c43)nc2c1[2H]. The lowest BCUT2D eigenvalue weighted by molar-refractivity contribution is 1.01. The number of fused-ring (bicyclic) bond motifs is 10. The van der Waals surface area contributed by atoms with Crippen molar-refractivity contribution in [2.24, 2.45) is 0 Å². The molecule has 4 heteroatoms. The molecule has 0 fully saturated rings. The van der Waals surface area contributed by atoms with Crippen LogP contribution in [0, 0.1) is 6.92 Å². The second-order valence-electron chi connectivity index (χ2n) is 11.4. The van der Waals surface area contributed by atoms with Gasteiger partial charge in [0.2, 0.25) is 5.95 Å². The zero-order chi connectivity index (χ0) is 57.1. The van der Waals surface area contributed by atoms with Crippen molar-refractivity contribution < 1.29 is 37.0 Å². The van der Waals surface area contributed by atoms with Crippen molar-refractivity contribution in [1.29, 1.82) is 0 Å². The molecule has 0 amide bonds. The van der Waals surface area contributed by atoms with Gasteiger partial charge in [-0.3, -0.25) is 4.57 Å². The molecular weight excluding hydrogens is 621 g/mol. The van der Waals surface area contributed by atoms with Crippen LogP contribution in [-0.4, -0.2) is 19.1 Å². The summed E-state index contributed by atoms with van der Waals surface area (Å²) in [6.07, 6.45) is 0. The highest BCUT2D eigenvalue weighted by Gasteiger charge is 2.22. The van der Waals surface area contributed by atoms with Crippen LogP contribution in [0.25, 0.3) is 99.0 Å². The lowest BCUT2D eigenvalue weighted by Crippen LogP contribution is -2.03. The van der Waals surface area contributed by atoms with Crippen LogP contribution in [0.2, 0.25) is 0 Å². The fourth-order valence-electron chi connectivity index (χ4n) is 6.35. The smallest absolute Gasteiger partial charge is 0.235 e. The number of aromatic nitrogens is 4. The fourth-order valence-corrected chi connectivity index (χ4v) is 6.35. The summed E-state index contributed by atoms with van der Waals surface area (Å²) in [6.45, 7) is 1.34. The van der Waals surface area contributed by atoms with Crippen LogP contribution in [0.1, 0.15) is 42.6 Å². The number of nitrogens with zero attached hydrogens (tertiary/aromatic N) is 4. The largest absolute Gasteiger partial charge is 0.309 e. The number of rotatable bonds is 3. The average molecular weight is 678 g/mol. The first-order valence-electron chi connectivity index (χ1n) is 28.7. The molecule has 0 aliphatic heterocycles. The standard InChI is InChI=1S/C47H30N4/c1-29-18-19-33-27-34(21-20-32(33)26-29)46-36-12-4-7-15-39(36)48-47(49-46)51-41-17-9-6-14-38(41)45-43(51)25-24-42-44(45)37-13-5-8-16-40(37)50(42)35-23-22-30-10-2-3-11-31(30)28-35/h2-28H,1H3/i2D,3D,4D,5D,6D,7D,8D,9D,10D,11D,12D,13D,14D,15D,16D,17D,18D,19D,20D,21D,22D,23D,24D,25D,26D,27D,28D. The molecule has 0 spiro atoms. The number of benzene rings is 8. The molecule has 4 nitrogen and oxygen atoms in total. The zero-order valence-corrected chi connectivity index (χ0v) is 25.8. The van der Waals surface area contributed by atoms with E-state index < -0.39 is 257 Å². The molecule has 0 bridgehead atoms. The van der Waals surface area contributed by atoms with Gasteiger partial charge in [-0.1, -0.05) is 120 Å². The van der Waals surface area contributed by atoms with Gasteiger partial charge in [0.1, 0.15) is 0 Å². The van der Waals surface area contributed by atoms with Crippen molar-refractivity contribution in [2.75, 3.05) is 0 Å². The van der Waals surface area contributed by atoms with Gasteiger partial charge in [-0.05, 0) is 76.8 Å². The third-order valence-electron chi connectivity index (χ3n) is 8.48. The van der Waals surface area contributed by atoms with E-state index in [1.165, 1.54) is 6.92 Å². The average Bonchev–Trinajstić information content (AvgIpc) is 3.95. The van der Waals surface area contributed by atoms with E-state index in [2.05, 4.69) is 9.97 Å². The van der Waals surface area contributed by atoms with E-state index in [0.29, 0.717) is 0 Å². The van der Waals surface area contributed by atoms with E-state index in [-0.39, 0.29) is 10.9 Å². The summed E-state index contributed by atoms with van der Waals surface area (Å²) in [5.41, 5.74) is -5.27. The van der Waals surface area contributed by atoms with Gasteiger partial charge in [-0.2, -0.15) is 0 Å². The summed E-state index contributed by atoms with van der Waals surface area (Å²) < 4.78 is 246. The van der Waals surface area contributed by atoms with Crippen LogP contribution in [0.5, 0.6) is 0 Å². The summed E-state index contributed by atoms with van der Waals surface area (Å²) in [5.74, 6) is -0.822. The van der Waals surface area contributed by atoms with Crippen LogP contribution in [0.4, 0.5) is 0 Å². The number of hydrogen-bond donors (Lipinski definition) is 0. The second kappa shape index (κ2) is 10.6. The van der Waals surface area contributed by atoms with Crippen molar-refractivity contribution in [3.05, 3.63) is 169 Å². The van der Waals surface area contributed by atoms with Gasteiger partial charge in [-0.25, -0.2) is 9.97 Å². The van der Waals surface area contributed by atoms with Gasteiger partial charge in [0, 0.05) is 38.2 Å². The quantitative estimate of drug-likeness (QED) is 0.187. The third kappa shape index (κ3) is 4.14. The maximum absolute atomic E-state index is 9.89. The van der Waals surface area contributed by atoms with Gasteiger partial charge < -0.3 is 4.57 Å². The molecule has 0 atom stereocenters. The Hall–Kier alpha value is -6.78. The topological polar surface area (TPSA) is 35.6 Å². The maximum Gasteiger partial charge on any atom is 0.235 e. The zero-order valence-electron chi connectivity index (χ0n) is 52.8. The third-order valence-corrected chi connectivity index (χ3v) is 8.48. The minimum Gasteiger partial charge on any atom is -0.309 e. The van der Waals surface area contributed by atoms with E-state index in [1.807, 2.05) is 0 Å². The fraction of sp³-hybridized carbons (Fsp3) is 0.0213. The van der Waals surface area contributed by atoms with Gasteiger partial charge in [-0.15, -0.1) is 0 Å². The molecule has 0 radical (unpaired) electrons. The number of hydrogen-bond acceptors (Lipinski definition) is 2. The van der Waals surface area contributed by atoms with Crippen LogP contribution < -0.4 is 0 Å². The Morgan fingerprint density at radius 2 is 1.04 bits per heavy atom. The first kappa shape index (κ1) is 12.5. The molecule has 0 saturated heterocycles. The molecule has 0 N–H and O–H groups in total. The minimum atomic E-state index is -0.946. The Balaban J connectivity index is 1.44. The summed E-state index contributed by atoms with van der Waals surface area (Å²) >= 11 is 0. The van der Waals surface area contributed by atoms with Crippen molar-refractivity contribution >= 4 is 76.1 Å². The van der Waals surface area contributed by atoms with Crippen molar-refractivity contribution in [1.82, 2.24) is 19.1 Å². The van der Waals surface area contributed by atoms with Gasteiger partial charge in [0.15, 0.2) is 0 Å². The second-order valence-corrected chi connectivity index (χ2v) is 11.4. The predicted octanol–water partition coefficient (Wildman–Crippen LogP) is 12.1. The Labute approximate surface area is 331 Å². The first-order chi connectivity index (χ1) is 36.5. The molecule has 11 rings (SSSR count). The van der Waals surface area contributed by atoms with Crippen LogP contribution in [0.15, 0.2) is 163 Å². The lowest BCUT2D eigenvalue weighted by atomic mass is 10.0. The highest BCUT2D eigenvalue weighted by Crippen LogP contribution is 2.42. The molecule has 3 heterocycles. The first-order valence-corrected chi connectivity index (χ1v) is 15.2. The molecule has 3 aromatic heterocycles. The maximum atomic E-state index is 9.89. The Kier molecular flexibility index (Phi) is 2.60. The summed E-state index contributed by atoms with van der Waals surface area (Å²) in [5, 5.41) is -4.56. The van der Waals surface area contributed by atoms with Crippen LogP contribution in [-0.2, 0) is 0 Å². The van der Waals surface area contributed by atoms with E-state index in [9.17, 15) is 13.7 Å². The minimum absolute atomic E-state index is 0.0466. The molecule has 8 aromatic carbocycles. The molecule has 0 aliphatic rings. The molecule has 0 saturated carbocycles. The summed E-state index contributed by atoms with van der Waals surface area (Å²) in [4.78, 5) is 9.18. The van der Waals surface area contributed by atoms with Crippen LogP contribution >= 0.6 is 0 Å². The Bertz CT molecular complexity index is 4770. The predicted molar refractivity (Wildman–Crippen MR) is 213 cm³/mol. The molecule has 11 aromatic rings. The van der Waals surface area contributed by atoms with E-state index in [0.717, 1.165) is 9.13 Å². The Morgan fingerprint density at radius 1 is 0.451 bits per heavy atom. The number of para-hydroxylation sites is 3. The summed E-state index contributed by atoms with van der Waals surface area (Å²) in [7, 11) is 0. The van der Waals surface area contributed by atoms with Gasteiger partial charge >= 0.3 is 0 Å². The molecular formula is C47H30N4. The normalized spacial score (nSPS) is 19.4. The molecule has 238 valence electrons. The van der Waals surface area contributed by atoms with Crippen molar-refractivity contribution in [3.63, 3.8) is 0 Å². The van der Waals surface area contributed by atoms with E-state index >= 15 is 0 Å². The van der Waals surface area contributed by atoms with Crippen LogP contribution in [0.3, 0.4) is 0 Å². The Morgan fingerprint density at radius 3 is 1.84 bits per heavy atom. The van der Waals surface area contributed by atoms with E-state index in [1.54, 1.807) is 0 Å².